The molecule has 1 N–H and O–H groups in total. The first-order chi connectivity index (χ1) is 14.3. The average Bonchev–Trinajstić information content (AvgIpc) is 2.74. The number of benzene rings is 2. The Hall–Kier alpha value is -2.87. The van der Waals surface area contributed by atoms with E-state index in [1.54, 1.807) is 24.3 Å². The highest BCUT2D eigenvalue weighted by Crippen LogP contribution is 2.35. The largest absolute Gasteiger partial charge is 0.416 e. The maximum atomic E-state index is 13.1. The molecular formula is C22H23F3N2O3. The monoisotopic (exact) mass is 420 g/mol. The maximum absolute atomic E-state index is 13.1. The fourth-order valence-corrected chi connectivity index (χ4v) is 3.28. The van der Waals surface area contributed by atoms with Crippen LogP contribution in [0.5, 0.6) is 0 Å². The van der Waals surface area contributed by atoms with Crippen LogP contribution in [0, 0.1) is 0 Å². The van der Waals surface area contributed by atoms with Crippen LogP contribution in [-0.2, 0) is 15.7 Å². The van der Waals surface area contributed by atoms with Crippen molar-refractivity contribution >= 4 is 23.1 Å². The highest BCUT2D eigenvalue weighted by Gasteiger charge is 2.32. The van der Waals surface area contributed by atoms with Gasteiger partial charge < -0.3 is 15.0 Å². The van der Waals surface area contributed by atoms with Crippen molar-refractivity contribution in [3.63, 3.8) is 0 Å². The fraction of sp³-hybridized carbons (Fsp3) is 0.364. The summed E-state index contributed by atoms with van der Waals surface area (Å²) in [4.78, 5) is 26.4. The SMILES string of the molecule is O=C(CCCC(=O)c1ccccc1)Nc1cc(C(F)(F)F)ccc1N1CCOCC1. The summed E-state index contributed by atoms with van der Waals surface area (Å²) in [6.07, 6.45) is -3.97. The van der Waals surface area contributed by atoms with Gasteiger partial charge in [-0.25, -0.2) is 0 Å². The van der Waals surface area contributed by atoms with E-state index in [2.05, 4.69) is 5.32 Å². The molecule has 1 heterocycles. The van der Waals surface area contributed by atoms with E-state index in [4.69, 9.17) is 4.74 Å². The maximum Gasteiger partial charge on any atom is 0.416 e. The molecule has 0 atom stereocenters. The molecule has 0 spiro atoms. The van der Waals surface area contributed by atoms with Gasteiger partial charge in [-0.15, -0.1) is 0 Å². The third-order valence-electron chi connectivity index (χ3n) is 4.85. The number of ketones is 1. The van der Waals surface area contributed by atoms with E-state index in [9.17, 15) is 22.8 Å². The number of carbonyl (C=O) groups is 2. The number of hydrogen-bond donors (Lipinski definition) is 1. The molecule has 5 nitrogen and oxygen atoms in total. The van der Waals surface area contributed by atoms with Gasteiger partial charge in [0.1, 0.15) is 0 Å². The second-order valence-electron chi connectivity index (χ2n) is 7.02. The molecule has 0 bridgehead atoms. The van der Waals surface area contributed by atoms with Gasteiger partial charge in [-0.3, -0.25) is 9.59 Å². The molecule has 0 aromatic heterocycles. The number of alkyl halides is 3. The molecule has 1 saturated heterocycles. The molecule has 160 valence electrons. The number of Topliss-reactive ketones (excluding diaryl/α,β-unsaturated/α-hetero) is 1. The van der Waals surface area contributed by atoms with Gasteiger partial charge in [0.05, 0.1) is 30.2 Å². The van der Waals surface area contributed by atoms with Gasteiger partial charge in [0.15, 0.2) is 5.78 Å². The van der Waals surface area contributed by atoms with E-state index in [0.717, 1.165) is 12.1 Å². The van der Waals surface area contributed by atoms with Crippen molar-refractivity contribution in [1.29, 1.82) is 0 Å². The number of anilines is 2. The fourth-order valence-electron chi connectivity index (χ4n) is 3.28. The minimum absolute atomic E-state index is 0.0391. The number of rotatable bonds is 7. The molecule has 1 aliphatic heterocycles. The zero-order chi connectivity index (χ0) is 21.6. The Balaban J connectivity index is 1.65. The van der Waals surface area contributed by atoms with Gasteiger partial charge in [-0.05, 0) is 24.6 Å². The number of amides is 1. The Morgan fingerprint density at radius 3 is 2.37 bits per heavy atom. The third-order valence-corrected chi connectivity index (χ3v) is 4.85. The topological polar surface area (TPSA) is 58.6 Å². The summed E-state index contributed by atoms with van der Waals surface area (Å²) < 4.78 is 44.7. The Morgan fingerprint density at radius 2 is 1.70 bits per heavy atom. The van der Waals surface area contributed by atoms with E-state index in [1.165, 1.54) is 6.07 Å². The standard InChI is InChI=1S/C22H23F3N2O3/c23-22(24,25)17-9-10-19(27-11-13-30-14-12-27)18(15-17)26-21(29)8-4-7-20(28)16-5-2-1-3-6-16/h1-3,5-6,9-10,15H,4,7-8,11-14H2,(H,26,29). The van der Waals surface area contributed by atoms with Crippen LogP contribution in [0.1, 0.15) is 35.2 Å². The lowest BCUT2D eigenvalue weighted by atomic mass is 10.1. The molecule has 1 amide bonds. The summed E-state index contributed by atoms with van der Waals surface area (Å²) in [6, 6.07) is 12.1. The molecule has 1 fully saturated rings. The van der Waals surface area contributed by atoms with Gasteiger partial charge in [0.2, 0.25) is 5.91 Å². The zero-order valence-electron chi connectivity index (χ0n) is 16.4. The molecular weight excluding hydrogens is 397 g/mol. The van der Waals surface area contributed by atoms with E-state index in [0.29, 0.717) is 44.0 Å². The van der Waals surface area contributed by atoms with Crippen molar-refractivity contribution in [3.05, 3.63) is 59.7 Å². The molecule has 0 radical (unpaired) electrons. The molecule has 8 heteroatoms. The number of nitrogens with one attached hydrogen (secondary N) is 1. The second-order valence-corrected chi connectivity index (χ2v) is 7.02. The van der Waals surface area contributed by atoms with Crippen LogP contribution < -0.4 is 10.2 Å². The summed E-state index contributed by atoms with van der Waals surface area (Å²) in [5.74, 6) is -0.499. The molecule has 1 aliphatic rings. The Bertz CT molecular complexity index is 879. The molecule has 3 rings (SSSR count). The van der Waals surface area contributed by atoms with Crippen LogP contribution in [-0.4, -0.2) is 38.0 Å². The highest BCUT2D eigenvalue weighted by molar-refractivity contribution is 5.97. The first-order valence-corrected chi connectivity index (χ1v) is 9.76. The van der Waals surface area contributed by atoms with Crippen molar-refractivity contribution < 1.29 is 27.5 Å². The molecule has 30 heavy (non-hydrogen) atoms. The van der Waals surface area contributed by atoms with E-state index < -0.39 is 17.6 Å². The van der Waals surface area contributed by atoms with Crippen LogP contribution >= 0.6 is 0 Å². The third kappa shape index (κ3) is 5.82. The van der Waals surface area contributed by atoms with Gasteiger partial charge in [0, 0.05) is 31.5 Å². The number of halogens is 3. The number of hydrogen-bond acceptors (Lipinski definition) is 4. The number of morpholine rings is 1. The first kappa shape index (κ1) is 21.8. The summed E-state index contributed by atoms with van der Waals surface area (Å²) >= 11 is 0. The summed E-state index contributed by atoms with van der Waals surface area (Å²) in [7, 11) is 0. The minimum atomic E-state index is -4.51. The van der Waals surface area contributed by atoms with Crippen molar-refractivity contribution in [2.75, 3.05) is 36.5 Å². The quantitative estimate of drug-likeness (QED) is 0.669. The minimum Gasteiger partial charge on any atom is -0.378 e. The number of carbonyl (C=O) groups excluding carboxylic acids is 2. The number of ether oxygens (including phenoxy) is 1. The van der Waals surface area contributed by atoms with Crippen LogP contribution in [0.2, 0.25) is 0 Å². The lowest BCUT2D eigenvalue weighted by Gasteiger charge is -2.31. The molecule has 0 saturated carbocycles. The average molecular weight is 420 g/mol. The van der Waals surface area contributed by atoms with Crippen molar-refractivity contribution in [2.45, 2.75) is 25.4 Å². The Kier molecular flexibility index (Phi) is 7.10. The molecule has 2 aromatic carbocycles. The molecule has 2 aromatic rings. The normalized spacial score (nSPS) is 14.4. The van der Waals surface area contributed by atoms with Crippen LogP contribution in [0.25, 0.3) is 0 Å². The van der Waals surface area contributed by atoms with Crippen molar-refractivity contribution in [2.24, 2.45) is 0 Å². The first-order valence-electron chi connectivity index (χ1n) is 9.76. The van der Waals surface area contributed by atoms with Crippen LogP contribution in [0.3, 0.4) is 0 Å². The lowest BCUT2D eigenvalue weighted by molar-refractivity contribution is -0.137. The van der Waals surface area contributed by atoms with Crippen molar-refractivity contribution in [3.8, 4) is 0 Å². The van der Waals surface area contributed by atoms with E-state index >= 15 is 0 Å². The lowest BCUT2D eigenvalue weighted by Crippen LogP contribution is -2.36. The summed E-state index contributed by atoms with van der Waals surface area (Å²) in [5.41, 5.74) is 0.394. The predicted molar refractivity (Wildman–Crippen MR) is 108 cm³/mol. The number of nitrogens with zero attached hydrogens (tertiary/aromatic N) is 1. The summed E-state index contributed by atoms with van der Waals surface area (Å²) in [6.45, 7) is 1.99. The smallest absolute Gasteiger partial charge is 0.378 e. The van der Waals surface area contributed by atoms with Crippen molar-refractivity contribution in [1.82, 2.24) is 0 Å². The van der Waals surface area contributed by atoms with Gasteiger partial charge in [-0.1, -0.05) is 30.3 Å². The molecule has 0 aliphatic carbocycles. The predicted octanol–water partition coefficient (Wildman–Crippen LogP) is 4.53. The van der Waals surface area contributed by atoms with E-state index in [1.807, 2.05) is 11.0 Å². The zero-order valence-corrected chi connectivity index (χ0v) is 16.4. The second kappa shape index (κ2) is 9.75. The summed E-state index contributed by atoms with van der Waals surface area (Å²) in [5, 5.41) is 2.60. The van der Waals surface area contributed by atoms with Gasteiger partial charge in [0.25, 0.3) is 0 Å². The van der Waals surface area contributed by atoms with Gasteiger partial charge in [-0.2, -0.15) is 13.2 Å². The molecule has 0 unspecified atom stereocenters. The highest BCUT2D eigenvalue weighted by atomic mass is 19.4. The van der Waals surface area contributed by atoms with Gasteiger partial charge >= 0.3 is 6.18 Å². The van der Waals surface area contributed by atoms with Crippen LogP contribution in [0.4, 0.5) is 24.5 Å². The Morgan fingerprint density at radius 1 is 1.00 bits per heavy atom. The van der Waals surface area contributed by atoms with E-state index in [-0.39, 0.29) is 24.3 Å². The van der Waals surface area contributed by atoms with Crippen LogP contribution in [0.15, 0.2) is 48.5 Å². The Labute approximate surface area is 172 Å².